The number of carbonyl (C=O) groups excluding carboxylic acids is 2. The van der Waals surface area contributed by atoms with Crippen LogP contribution in [-0.4, -0.2) is 59.5 Å². The van der Waals surface area contributed by atoms with Gasteiger partial charge < -0.3 is 14.9 Å². The number of aliphatic hydroxyl groups excluding tert-OH is 1. The molecule has 1 aliphatic heterocycles. The lowest BCUT2D eigenvalue weighted by Gasteiger charge is -2.43. The molecule has 0 aromatic rings. The summed E-state index contributed by atoms with van der Waals surface area (Å²) >= 11 is 0. The molecule has 1 unspecified atom stereocenters. The van der Waals surface area contributed by atoms with Crippen molar-refractivity contribution in [2.75, 3.05) is 26.7 Å². The van der Waals surface area contributed by atoms with E-state index in [1.165, 1.54) is 6.42 Å². The number of nitrogens with zero attached hydrogens (tertiary/aromatic N) is 2. The van der Waals surface area contributed by atoms with Crippen molar-refractivity contribution < 1.29 is 14.7 Å². The fourth-order valence-corrected chi connectivity index (χ4v) is 4.75. The average Bonchev–Trinajstić information content (AvgIpc) is 3.07. The minimum absolute atomic E-state index is 0.0661. The fraction of sp³-hybridized carbons (Fsp3) is 0.895. The van der Waals surface area contributed by atoms with Gasteiger partial charge in [-0.15, -0.1) is 0 Å². The molecule has 1 heterocycles. The lowest BCUT2D eigenvalue weighted by atomic mass is 9.69. The summed E-state index contributed by atoms with van der Waals surface area (Å²) in [5.41, 5.74) is -0.0960. The normalized spacial score (nSPS) is 26.9. The number of hydrogen-bond acceptors (Lipinski definition) is 3. The van der Waals surface area contributed by atoms with Crippen molar-refractivity contribution >= 4 is 11.8 Å². The monoisotopic (exact) mass is 336 g/mol. The van der Waals surface area contributed by atoms with Crippen molar-refractivity contribution in [2.24, 2.45) is 11.3 Å². The first kappa shape index (κ1) is 17.7. The van der Waals surface area contributed by atoms with Crippen molar-refractivity contribution in [2.45, 2.75) is 70.3 Å². The average molecular weight is 336 g/mol. The molecule has 136 valence electrons. The second kappa shape index (κ2) is 7.42. The summed E-state index contributed by atoms with van der Waals surface area (Å²) in [7, 11) is 1.83. The van der Waals surface area contributed by atoms with Crippen LogP contribution in [0.2, 0.25) is 0 Å². The van der Waals surface area contributed by atoms with Crippen LogP contribution in [0.3, 0.4) is 0 Å². The fourth-order valence-electron chi connectivity index (χ4n) is 4.75. The second-order valence-electron chi connectivity index (χ2n) is 8.23. The Bertz CT molecular complexity index is 464. The summed E-state index contributed by atoms with van der Waals surface area (Å²) in [5.74, 6) is 0.406. The van der Waals surface area contributed by atoms with Gasteiger partial charge in [0.2, 0.25) is 11.8 Å². The molecule has 3 aliphatic rings. The summed E-state index contributed by atoms with van der Waals surface area (Å²) in [5, 5.41) is 9.64. The molecule has 24 heavy (non-hydrogen) atoms. The molecule has 1 N–H and O–H groups in total. The van der Waals surface area contributed by atoms with E-state index in [1.807, 2.05) is 11.9 Å². The van der Waals surface area contributed by atoms with Gasteiger partial charge >= 0.3 is 0 Å². The van der Waals surface area contributed by atoms with Gasteiger partial charge in [0.25, 0.3) is 0 Å². The largest absolute Gasteiger partial charge is 0.396 e. The minimum Gasteiger partial charge on any atom is -0.396 e. The number of hydrogen-bond donors (Lipinski definition) is 1. The highest BCUT2D eigenvalue weighted by Gasteiger charge is 2.42. The lowest BCUT2D eigenvalue weighted by molar-refractivity contribution is -0.147. The van der Waals surface area contributed by atoms with Gasteiger partial charge in [0, 0.05) is 31.5 Å². The summed E-state index contributed by atoms with van der Waals surface area (Å²) in [6, 6.07) is -0.278. The maximum Gasteiger partial charge on any atom is 0.245 e. The zero-order chi connectivity index (χ0) is 17.2. The van der Waals surface area contributed by atoms with E-state index in [-0.39, 0.29) is 35.8 Å². The quantitative estimate of drug-likeness (QED) is 0.837. The standard InChI is InChI=1S/C19H32N2O3/c1-20(13-19(14-22)10-6-11-19)18(24)16-9-5-12-21(16)17(23)15-7-3-2-4-8-15/h15-16,22H,2-14H2,1H3. The molecule has 2 saturated carbocycles. The molecule has 0 aromatic heterocycles. The van der Waals surface area contributed by atoms with Crippen LogP contribution in [0.4, 0.5) is 0 Å². The Kier molecular flexibility index (Phi) is 5.48. The Hall–Kier alpha value is -1.10. The summed E-state index contributed by atoms with van der Waals surface area (Å²) in [6.07, 6.45) is 10.3. The predicted octanol–water partition coefficient (Wildman–Crippen LogP) is 2.18. The molecule has 3 rings (SSSR count). The van der Waals surface area contributed by atoms with Gasteiger partial charge in [-0.05, 0) is 38.5 Å². The Morgan fingerprint density at radius 3 is 2.38 bits per heavy atom. The highest BCUT2D eigenvalue weighted by molar-refractivity contribution is 5.89. The number of likely N-dealkylation sites (tertiary alicyclic amines) is 1. The molecular weight excluding hydrogens is 304 g/mol. The molecule has 2 aliphatic carbocycles. The van der Waals surface area contributed by atoms with Crippen molar-refractivity contribution in [1.82, 2.24) is 9.80 Å². The highest BCUT2D eigenvalue weighted by atomic mass is 16.3. The van der Waals surface area contributed by atoms with Crippen molar-refractivity contribution in [3.8, 4) is 0 Å². The molecule has 5 nitrogen and oxygen atoms in total. The van der Waals surface area contributed by atoms with E-state index >= 15 is 0 Å². The molecular formula is C19H32N2O3. The van der Waals surface area contributed by atoms with Gasteiger partial charge in [-0.2, -0.15) is 0 Å². The number of rotatable bonds is 5. The number of amides is 2. The molecule has 0 spiro atoms. The van der Waals surface area contributed by atoms with Crippen molar-refractivity contribution in [3.05, 3.63) is 0 Å². The molecule has 5 heteroatoms. The van der Waals surface area contributed by atoms with Crippen LogP contribution >= 0.6 is 0 Å². The zero-order valence-electron chi connectivity index (χ0n) is 15.0. The van der Waals surface area contributed by atoms with E-state index in [1.54, 1.807) is 4.90 Å². The SMILES string of the molecule is CN(CC1(CO)CCC1)C(=O)C1CCCN1C(=O)C1CCCCC1. The van der Waals surface area contributed by atoms with Crippen molar-refractivity contribution in [3.63, 3.8) is 0 Å². The molecule has 2 amide bonds. The Morgan fingerprint density at radius 2 is 1.79 bits per heavy atom. The smallest absolute Gasteiger partial charge is 0.245 e. The minimum atomic E-state index is -0.278. The molecule has 3 fully saturated rings. The molecule has 0 radical (unpaired) electrons. The van der Waals surface area contributed by atoms with Crippen LogP contribution in [0, 0.1) is 11.3 Å². The van der Waals surface area contributed by atoms with Gasteiger partial charge in [-0.25, -0.2) is 0 Å². The number of carbonyl (C=O) groups is 2. The molecule has 1 atom stereocenters. The van der Waals surface area contributed by atoms with E-state index in [0.717, 1.165) is 64.3 Å². The van der Waals surface area contributed by atoms with Crippen molar-refractivity contribution in [1.29, 1.82) is 0 Å². The van der Waals surface area contributed by atoms with Crippen LogP contribution < -0.4 is 0 Å². The van der Waals surface area contributed by atoms with E-state index in [4.69, 9.17) is 0 Å². The second-order valence-corrected chi connectivity index (χ2v) is 8.23. The third-order valence-corrected chi connectivity index (χ3v) is 6.47. The number of aliphatic hydroxyl groups is 1. The topological polar surface area (TPSA) is 60.9 Å². The van der Waals surface area contributed by atoms with Crippen LogP contribution in [0.1, 0.15) is 64.2 Å². The van der Waals surface area contributed by atoms with Crippen LogP contribution in [0.25, 0.3) is 0 Å². The summed E-state index contributed by atoms with van der Waals surface area (Å²) < 4.78 is 0. The first-order valence-electron chi connectivity index (χ1n) is 9.73. The lowest BCUT2D eigenvalue weighted by Crippen LogP contribution is -2.52. The van der Waals surface area contributed by atoms with Crippen LogP contribution in [-0.2, 0) is 9.59 Å². The Balaban J connectivity index is 1.61. The first-order valence-corrected chi connectivity index (χ1v) is 9.73. The van der Waals surface area contributed by atoms with E-state index in [0.29, 0.717) is 6.54 Å². The Morgan fingerprint density at radius 1 is 1.08 bits per heavy atom. The van der Waals surface area contributed by atoms with Gasteiger partial charge in [-0.1, -0.05) is 25.7 Å². The van der Waals surface area contributed by atoms with Crippen LogP contribution in [0.5, 0.6) is 0 Å². The van der Waals surface area contributed by atoms with Crippen LogP contribution in [0.15, 0.2) is 0 Å². The van der Waals surface area contributed by atoms with Gasteiger partial charge in [-0.3, -0.25) is 9.59 Å². The zero-order valence-corrected chi connectivity index (χ0v) is 15.0. The van der Waals surface area contributed by atoms with E-state index in [9.17, 15) is 14.7 Å². The third-order valence-electron chi connectivity index (χ3n) is 6.47. The molecule has 0 bridgehead atoms. The highest BCUT2D eigenvalue weighted by Crippen LogP contribution is 2.41. The molecule has 1 saturated heterocycles. The summed E-state index contributed by atoms with van der Waals surface area (Å²) in [6.45, 7) is 1.50. The van der Waals surface area contributed by atoms with E-state index in [2.05, 4.69) is 0 Å². The Labute approximate surface area is 145 Å². The third kappa shape index (κ3) is 3.46. The first-order chi connectivity index (χ1) is 11.6. The summed E-state index contributed by atoms with van der Waals surface area (Å²) in [4.78, 5) is 29.4. The predicted molar refractivity (Wildman–Crippen MR) is 92.3 cm³/mol. The van der Waals surface area contributed by atoms with Gasteiger partial charge in [0.15, 0.2) is 0 Å². The van der Waals surface area contributed by atoms with Gasteiger partial charge in [0.1, 0.15) is 6.04 Å². The molecule has 0 aromatic carbocycles. The van der Waals surface area contributed by atoms with E-state index < -0.39 is 0 Å². The van der Waals surface area contributed by atoms with Gasteiger partial charge in [0.05, 0.1) is 6.61 Å². The maximum absolute atomic E-state index is 12.9. The number of likely N-dealkylation sites (N-methyl/N-ethyl adjacent to an activating group) is 1. The maximum atomic E-state index is 12.9.